The van der Waals surface area contributed by atoms with E-state index in [-0.39, 0.29) is 12.4 Å². The van der Waals surface area contributed by atoms with Crippen molar-refractivity contribution in [3.05, 3.63) is 92.9 Å². The molecule has 0 spiro atoms. The Morgan fingerprint density at radius 2 is 1.96 bits per heavy atom. The first-order valence-corrected chi connectivity index (χ1v) is 9.25. The predicted octanol–water partition coefficient (Wildman–Crippen LogP) is 5.51. The number of nitrogens with one attached hydrogen (secondary N) is 1. The first-order chi connectivity index (χ1) is 12.6. The summed E-state index contributed by atoms with van der Waals surface area (Å²) in [7, 11) is 0. The second-order valence-corrected chi connectivity index (χ2v) is 6.99. The molecule has 3 rings (SSSR count). The number of halogens is 3. The Kier molecular flexibility index (Phi) is 6.61. The highest BCUT2D eigenvalue weighted by Gasteiger charge is 2.10. The SMILES string of the molecule is Fc1cccc(Cl)c1COc1ccc(Br)cc1CNCc1ccccn1. The molecule has 1 N–H and O–H groups in total. The highest BCUT2D eigenvalue weighted by molar-refractivity contribution is 9.10. The Bertz CT molecular complexity index is 857. The van der Waals surface area contributed by atoms with Gasteiger partial charge in [0, 0.05) is 34.9 Å². The van der Waals surface area contributed by atoms with Crippen LogP contribution in [0.4, 0.5) is 4.39 Å². The van der Waals surface area contributed by atoms with Crippen molar-refractivity contribution < 1.29 is 9.13 Å². The van der Waals surface area contributed by atoms with Crippen molar-refractivity contribution in [2.75, 3.05) is 0 Å². The summed E-state index contributed by atoms with van der Waals surface area (Å²) in [5.41, 5.74) is 2.27. The summed E-state index contributed by atoms with van der Waals surface area (Å²) >= 11 is 9.54. The third-order valence-electron chi connectivity index (χ3n) is 3.80. The summed E-state index contributed by atoms with van der Waals surface area (Å²) < 4.78 is 20.7. The number of hydrogen-bond acceptors (Lipinski definition) is 3. The first kappa shape index (κ1) is 18.8. The van der Waals surface area contributed by atoms with Crippen molar-refractivity contribution in [3.63, 3.8) is 0 Å². The number of rotatable bonds is 7. The molecule has 1 heterocycles. The summed E-state index contributed by atoms with van der Waals surface area (Å²) in [5.74, 6) is 0.311. The van der Waals surface area contributed by atoms with E-state index >= 15 is 0 Å². The van der Waals surface area contributed by atoms with E-state index in [9.17, 15) is 4.39 Å². The van der Waals surface area contributed by atoms with E-state index in [0.717, 1.165) is 15.7 Å². The van der Waals surface area contributed by atoms with Crippen LogP contribution in [0.5, 0.6) is 5.75 Å². The van der Waals surface area contributed by atoms with Gasteiger partial charge in [-0.05, 0) is 42.5 Å². The van der Waals surface area contributed by atoms with Crippen LogP contribution < -0.4 is 10.1 Å². The van der Waals surface area contributed by atoms with Crippen LogP contribution >= 0.6 is 27.5 Å². The summed E-state index contributed by atoms with van der Waals surface area (Å²) in [4.78, 5) is 4.29. The van der Waals surface area contributed by atoms with Gasteiger partial charge in [-0.2, -0.15) is 0 Å². The molecule has 1 aromatic heterocycles. The number of ether oxygens (including phenoxy) is 1. The van der Waals surface area contributed by atoms with Crippen LogP contribution in [0.2, 0.25) is 5.02 Å². The Hall–Kier alpha value is -1.95. The van der Waals surface area contributed by atoms with Gasteiger partial charge in [0.05, 0.1) is 10.7 Å². The fourth-order valence-corrected chi connectivity index (χ4v) is 3.10. The lowest BCUT2D eigenvalue weighted by Crippen LogP contribution is -2.14. The van der Waals surface area contributed by atoms with Gasteiger partial charge < -0.3 is 10.1 Å². The average Bonchev–Trinajstić information content (AvgIpc) is 2.64. The van der Waals surface area contributed by atoms with Crippen molar-refractivity contribution >= 4 is 27.5 Å². The normalized spacial score (nSPS) is 10.7. The molecular weight excluding hydrogens is 419 g/mol. The standard InChI is InChI=1S/C20H17BrClFN2O/c21-15-7-8-20(26-13-17-18(22)5-3-6-19(17)23)14(10-15)11-24-12-16-4-1-2-9-25-16/h1-10,24H,11-13H2. The van der Waals surface area contributed by atoms with E-state index in [1.165, 1.54) is 6.07 Å². The quantitative estimate of drug-likeness (QED) is 0.532. The maximum atomic E-state index is 13.9. The van der Waals surface area contributed by atoms with Crippen molar-refractivity contribution in [1.29, 1.82) is 0 Å². The van der Waals surface area contributed by atoms with Crippen molar-refractivity contribution in [2.24, 2.45) is 0 Å². The summed E-state index contributed by atoms with van der Waals surface area (Å²) in [6, 6.07) is 16.1. The summed E-state index contributed by atoms with van der Waals surface area (Å²) in [6.07, 6.45) is 1.77. The number of nitrogens with zero attached hydrogens (tertiary/aromatic N) is 1. The molecule has 0 aliphatic carbocycles. The Labute approximate surface area is 165 Å². The molecule has 0 unspecified atom stereocenters. The summed E-state index contributed by atoms with van der Waals surface area (Å²) in [5, 5.41) is 3.70. The number of aromatic nitrogens is 1. The van der Waals surface area contributed by atoms with Gasteiger partial charge in [-0.3, -0.25) is 4.98 Å². The second kappa shape index (κ2) is 9.12. The molecule has 6 heteroatoms. The van der Waals surface area contributed by atoms with Crippen LogP contribution in [-0.2, 0) is 19.7 Å². The second-order valence-electron chi connectivity index (χ2n) is 5.67. The van der Waals surface area contributed by atoms with E-state index in [1.54, 1.807) is 18.3 Å². The van der Waals surface area contributed by atoms with Gasteiger partial charge in [-0.15, -0.1) is 0 Å². The lowest BCUT2D eigenvalue weighted by atomic mass is 10.2. The molecule has 2 aromatic carbocycles. The number of pyridine rings is 1. The fraction of sp³-hybridized carbons (Fsp3) is 0.150. The topological polar surface area (TPSA) is 34.1 Å². The lowest BCUT2D eigenvalue weighted by molar-refractivity contribution is 0.296. The molecule has 0 radical (unpaired) electrons. The van der Waals surface area contributed by atoms with Crippen molar-refractivity contribution in [2.45, 2.75) is 19.7 Å². The van der Waals surface area contributed by atoms with Crippen molar-refractivity contribution in [1.82, 2.24) is 10.3 Å². The van der Waals surface area contributed by atoms with Crippen LogP contribution in [0, 0.1) is 5.82 Å². The van der Waals surface area contributed by atoms with Gasteiger partial charge in [0.1, 0.15) is 18.2 Å². The minimum atomic E-state index is -0.371. The van der Waals surface area contributed by atoms with Gasteiger partial charge in [-0.1, -0.05) is 39.7 Å². The van der Waals surface area contributed by atoms with Crippen LogP contribution in [0.3, 0.4) is 0 Å². The zero-order chi connectivity index (χ0) is 18.4. The molecular formula is C20H17BrClFN2O. The lowest BCUT2D eigenvalue weighted by Gasteiger charge is -2.14. The smallest absolute Gasteiger partial charge is 0.131 e. The Morgan fingerprint density at radius 3 is 2.73 bits per heavy atom. The van der Waals surface area contributed by atoms with Gasteiger partial charge in [0.15, 0.2) is 0 Å². The Morgan fingerprint density at radius 1 is 1.08 bits per heavy atom. The molecule has 0 saturated heterocycles. The van der Waals surface area contributed by atoms with Crippen LogP contribution in [0.1, 0.15) is 16.8 Å². The van der Waals surface area contributed by atoms with Crippen LogP contribution in [0.25, 0.3) is 0 Å². The highest BCUT2D eigenvalue weighted by atomic mass is 79.9. The first-order valence-electron chi connectivity index (χ1n) is 8.08. The Balaban J connectivity index is 1.67. The van der Waals surface area contributed by atoms with Gasteiger partial charge >= 0.3 is 0 Å². The van der Waals surface area contributed by atoms with Crippen molar-refractivity contribution in [3.8, 4) is 5.75 Å². The van der Waals surface area contributed by atoms with E-state index in [1.807, 2.05) is 36.4 Å². The monoisotopic (exact) mass is 434 g/mol. The molecule has 0 aliphatic heterocycles. The molecule has 3 nitrogen and oxygen atoms in total. The zero-order valence-electron chi connectivity index (χ0n) is 13.9. The molecule has 0 bridgehead atoms. The third-order valence-corrected chi connectivity index (χ3v) is 4.65. The molecule has 0 fully saturated rings. The maximum absolute atomic E-state index is 13.9. The van der Waals surface area contributed by atoms with Gasteiger partial charge in [-0.25, -0.2) is 4.39 Å². The molecule has 0 saturated carbocycles. The highest BCUT2D eigenvalue weighted by Crippen LogP contribution is 2.26. The largest absolute Gasteiger partial charge is 0.488 e. The fourth-order valence-electron chi connectivity index (χ4n) is 2.48. The molecule has 0 amide bonds. The van der Waals surface area contributed by atoms with Gasteiger partial charge in [0.2, 0.25) is 0 Å². The van der Waals surface area contributed by atoms with Crippen LogP contribution in [-0.4, -0.2) is 4.98 Å². The summed E-state index contributed by atoms with van der Waals surface area (Å²) in [6.45, 7) is 1.31. The van der Waals surface area contributed by atoms with Crippen LogP contribution in [0.15, 0.2) is 65.3 Å². The molecule has 26 heavy (non-hydrogen) atoms. The van der Waals surface area contributed by atoms with E-state index in [0.29, 0.717) is 29.4 Å². The van der Waals surface area contributed by atoms with Gasteiger partial charge in [0.25, 0.3) is 0 Å². The van der Waals surface area contributed by atoms with E-state index in [2.05, 4.69) is 26.2 Å². The number of benzene rings is 2. The number of hydrogen-bond donors (Lipinski definition) is 1. The minimum absolute atomic E-state index is 0.0698. The van der Waals surface area contributed by atoms with E-state index in [4.69, 9.17) is 16.3 Å². The maximum Gasteiger partial charge on any atom is 0.131 e. The minimum Gasteiger partial charge on any atom is -0.488 e. The molecule has 0 aliphatic rings. The molecule has 0 atom stereocenters. The predicted molar refractivity (Wildman–Crippen MR) is 105 cm³/mol. The van der Waals surface area contributed by atoms with E-state index < -0.39 is 0 Å². The molecule has 3 aromatic rings. The molecule has 134 valence electrons. The average molecular weight is 436 g/mol. The zero-order valence-corrected chi connectivity index (χ0v) is 16.2. The third kappa shape index (κ3) is 5.04.